The van der Waals surface area contributed by atoms with Crippen LogP contribution in [-0.2, 0) is 10.0 Å². The zero-order chi connectivity index (χ0) is 13.2. The molecule has 1 fully saturated rings. The van der Waals surface area contributed by atoms with Gasteiger partial charge in [-0.2, -0.15) is 4.98 Å². The van der Waals surface area contributed by atoms with Gasteiger partial charge in [-0.15, -0.1) is 0 Å². The molecule has 0 bridgehead atoms. The molecule has 1 heterocycles. The van der Waals surface area contributed by atoms with Gasteiger partial charge in [0.25, 0.3) is 0 Å². The Balaban J connectivity index is 2.16. The van der Waals surface area contributed by atoms with Crippen LogP contribution in [0.25, 0.3) is 0 Å². The van der Waals surface area contributed by atoms with Gasteiger partial charge in [0.2, 0.25) is 15.3 Å². The Kier molecular flexibility index (Phi) is 4.29. The predicted octanol–water partition coefficient (Wildman–Crippen LogP) is 2.86. The maximum atomic E-state index is 12.1. The topological polar surface area (TPSA) is 72.0 Å². The second-order valence-electron chi connectivity index (χ2n) is 4.25. The molecule has 0 unspecified atom stereocenters. The zero-order valence-electron chi connectivity index (χ0n) is 9.57. The number of nitrogens with zero attached hydrogens (tertiary/aromatic N) is 2. The fourth-order valence-electron chi connectivity index (χ4n) is 2.05. The predicted molar refractivity (Wildman–Crippen MR) is 71.5 cm³/mol. The van der Waals surface area contributed by atoms with E-state index in [0.29, 0.717) is 12.8 Å². The molecule has 5 nitrogen and oxygen atoms in total. The molecule has 0 saturated heterocycles. The zero-order valence-corrected chi connectivity index (χ0v) is 11.9. The summed E-state index contributed by atoms with van der Waals surface area (Å²) in [5.74, 6) is 0.116. The Labute approximate surface area is 116 Å². The second-order valence-corrected chi connectivity index (χ2v) is 6.94. The van der Waals surface area contributed by atoms with E-state index >= 15 is 0 Å². The van der Waals surface area contributed by atoms with Gasteiger partial charge in [0.1, 0.15) is 11.0 Å². The first kappa shape index (κ1) is 13.8. The Morgan fingerprint density at radius 2 is 1.83 bits per heavy atom. The highest BCUT2D eigenvalue weighted by Crippen LogP contribution is 2.25. The Hall–Kier alpha value is -0.590. The lowest BCUT2D eigenvalue weighted by Gasteiger charge is -2.22. The Morgan fingerprint density at radius 3 is 2.44 bits per heavy atom. The van der Waals surface area contributed by atoms with Crippen molar-refractivity contribution >= 4 is 39.0 Å². The summed E-state index contributed by atoms with van der Waals surface area (Å²) in [4.78, 5) is 7.46. The van der Waals surface area contributed by atoms with Crippen molar-refractivity contribution < 1.29 is 8.42 Å². The molecule has 2 rings (SSSR count). The average molecular weight is 310 g/mol. The van der Waals surface area contributed by atoms with Gasteiger partial charge in [-0.3, -0.25) is 4.72 Å². The molecule has 1 N–H and O–H groups in total. The molecule has 1 aliphatic rings. The van der Waals surface area contributed by atoms with Gasteiger partial charge in [-0.05, 0) is 24.4 Å². The summed E-state index contributed by atoms with van der Waals surface area (Å²) in [6, 6.07) is 1.34. The standard InChI is InChI=1S/C10H13Cl2N3O2S/c11-8-6-9(14-10(12)13-8)15-18(16,17)7-4-2-1-3-5-7/h6-7H,1-5H2,(H,13,14,15). The van der Waals surface area contributed by atoms with E-state index in [1.807, 2.05) is 0 Å². The van der Waals surface area contributed by atoms with Crippen LogP contribution in [0.3, 0.4) is 0 Å². The number of hydrogen-bond donors (Lipinski definition) is 1. The SMILES string of the molecule is O=S(=O)(Nc1cc(Cl)nc(Cl)n1)C1CCCCC1. The third-order valence-electron chi connectivity index (χ3n) is 2.91. The summed E-state index contributed by atoms with van der Waals surface area (Å²) in [5, 5.41) is -0.334. The molecule has 1 aromatic rings. The van der Waals surface area contributed by atoms with Gasteiger partial charge in [0, 0.05) is 6.07 Å². The smallest absolute Gasteiger partial charge is 0.236 e. The summed E-state index contributed by atoms with van der Waals surface area (Å²) in [6.45, 7) is 0. The van der Waals surface area contributed by atoms with E-state index in [1.165, 1.54) is 6.07 Å². The lowest BCUT2D eigenvalue weighted by Crippen LogP contribution is -2.30. The first-order valence-electron chi connectivity index (χ1n) is 5.69. The largest absolute Gasteiger partial charge is 0.267 e. The van der Waals surface area contributed by atoms with Crippen LogP contribution in [0.5, 0.6) is 0 Å². The van der Waals surface area contributed by atoms with Crippen molar-refractivity contribution in [3.8, 4) is 0 Å². The molecule has 1 saturated carbocycles. The lowest BCUT2D eigenvalue weighted by molar-refractivity contribution is 0.486. The van der Waals surface area contributed by atoms with Crippen molar-refractivity contribution in [3.05, 3.63) is 16.5 Å². The average Bonchev–Trinajstić information content (AvgIpc) is 2.28. The number of anilines is 1. The van der Waals surface area contributed by atoms with Gasteiger partial charge in [0.05, 0.1) is 5.25 Å². The maximum Gasteiger partial charge on any atom is 0.236 e. The maximum absolute atomic E-state index is 12.1. The van der Waals surface area contributed by atoms with Crippen LogP contribution in [-0.4, -0.2) is 23.6 Å². The first-order chi connectivity index (χ1) is 8.47. The summed E-state index contributed by atoms with van der Waals surface area (Å²) < 4.78 is 26.7. The summed E-state index contributed by atoms with van der Waals surface area (Å²) >= 11 is 11.3. The molecule has 0 aliphatic heterocycles. The highest BCUT2D eigenvalue weighted by Gasteiger charge is 2.27. The molecule has 1 aliphatic carbocycles. The molecule has 1 aromatic heterocycles. The van der Waals surface area contributed by atoms with Crippen LogP contribution in [0.4, 0.5) is 5.82 Å². The Bertz CT molecular complexity index is 510. The van der Waals surface area contributed by atoms with Gasteiger partial charge in [-0.25, -0.2) is 13.4 Å². The number of sulfonamides is 1. The van der Waals surface area contributed by atoms with Gasteiger partial charge in [-0.1, -0.05) is 30.9 Å². The van der Waals surface area contributed by atoms with Gasteiger partial charge in [0.15, 0.2) is 0 Å². The number of halogens is 2. The number of nitrogens with one attached hydrogen (secondary N) is 1. The first-order valence-corrected chi connectivity index (χ1v) is 7.99. The molecular formula is C10H13Cl2N3O2S. The van der Waals surface area contributed by atoms with Crippen LogP contribution in [0.2, 0.25) is 10.4 Å². The third kappa shape index (κ3) is 3.46. The van der Waals surface area contributed by atoms with Crippen LogP contribution in [0, 0.1) is 0 Å². The molecule has 0 aromatic carbocycles. The molecular weight excluding hydrogens is 297 g/mol. The fourth-order valence-corrected chi connectivity index (χ4v) is 3.97. The van der Waals surface area contributed by atoms with Crippen LogP contribution < -0.4 is 4.72 Å². The molecule has 0 radical (unpaired) electrons. The van der Waals surface area contributed by atoms with Crippen LogP contribution >= 0.6 is 23.2 Å². The van der Waals surface area contributed by atoms with E-state index in [-0.39, 0.29) is 21.5 Å². The van der Waals surface area contributed by atoms with Crippen molar-refractivity contribution in [2.24, 2.45) is 0 Å². The van der Waals surface area contributed by atoms with Crippen molar-refractivity contribution in [3.63, 3.8) is 0 Å². The van der Waals surface area contributed by atoms with E-state index in [0.717, 1.165) is 19.3 Å². The van der Waals surface area contributed by atoms with E-state index in [4.69, 9.17) is 23.2 Å². The molecule has 0 amide bonds. The van der Waals surface area contributed by atoms with E-state index < -0.39 is 10.0 Å². The second kappa shape index (κ2) is 5.59. The molecule has 8 heteroatoms. The molecule has 0 atom stereocenters. The minimum Gasteiger partial charge on any atom is -0.267 e. The summed E-state index contributed by atoms with van der Waals surface area (Å²) in [5.41, 5.74) is 0. The quantitative estimate of drug-likeness (QED) is 0.688. The molecule has 0 spiro atoms. The van der Waals surface area contributed by atoms with Crippen LogP contribution in [0.1, 0.15) is 32.1 Å². The van der Waals surface area contributed by atoms with Gasteiger partial charge < -0.3 is 0 Å². The van der Waals surface area contributed by atoms with E-state index in [1.54, 1.807) is 0 Å². The normalized spacial score (nSPS) is 17.7. The number of aromatic nitrogens is 2. The summed E-state index contributed by atoms with van der Waals surface area (Å²) in [7, 11) is -3.43. The third-order valence-corrected chi connectivity index (χ3v) is 5.11. The van der Waals surface area contributed by atoms with Crippen molar-refractivity contribution in [2.75, 3.05) is 4.72 Å². The fraction of sp³-hybridized carbons (Fsp3) is 0.600. The van der Waals surface area contributed by atoms with Crippen molar-refractivity contribution in [1.29, 1.82) is 0 Å². The molecule has 100 valence electrons. The lowest BCUT2D eigenvalue weighted by atomic mass is 10.0. The molecule has 18 heavy (non-hydrogen) atoms. The Morgan fingerprint density at radius 1 is 1.17 bits per heavy atom. The minimum absolute atomic E-state index is 0.0798. The van der Waals surface area contributed by atoms with E-state index in [2.05, 4.69) is 14.7 Å². The monoisotopic (exact) mass is 309 g/mol. The van der Waals surface area contributed by atoms with Crippen molar-refractivity contribution in [2.45, 2.75) is 37.4 Å². The van der Waals surface area contributed by atoms with Gasteiger partial charge >= 0.3 is 0 Å². The number of hydrogen-bond acceptors (Lipinski definition) is 4. The van der Waals surface area contributed by atoms with E-state index in [9.17, 15) is 8.42 Å². The highest BCUT2D eigenvalue weighted by molar-refractivity contribution is 7.93. The van der Waals surface area contributed by atoms with Crippen LogP contribution in [0.15, 0.2) is 6.07 Å². The number of rotatable bonds is 3. The summed E-state index contributed by atoms with van der Waals surface area (Å²) in [6.07, 6.45) is 4.34. The van der Waals surface area contributed by atoms with Crippen molar-refractivity contribution in [1.82, 2.24) is 9.97 Å². The highest BCUT2D eigenvalue weighted by atomic mass is 35.5. The minimum atomic E-state index is -3.43.